The average Bonchev–Trinajstić information content (AvgIpc) is 2.86. The molecule has 1 unspecified atom stereocenters. The SMILES string of the molecule is CCc1nnsc1C(Cc1ccccc1C)NN. The first-order chi connectivity index (χ1) is 8.76. The van der Waals surface area contributed by atoms with Crippen LogP contribution in [0, 0.1) is 6.92 Å². The summed E-state index contributed by atoms with van der Waals surface area (Å²) in [5, 5.41) is 4.14. The van der Waals surface area contributed by atoms with E-state index in [0.29, 0.717) is 0 Å². The van der Waals surface area contributed by atoms with Crippen molar-refractivity contribution in [2.75, 3.05) is 0 Å². The van der Waals surface area contributed by atoms with E-state index in [2.05, 4.69) is 53.1 Å². The zero-order chi connectivity index (χ0) is 13.0. The number of benzene rings is 1. The number of hydrogen-bond donors (Lipinski definition) is 2. The van der Waals surface area contributed by atoms with Gasteiger partial charge >= 0.3 is 0 Å². The van der Waals surface area contributed by atoms with Crippen molar-refractivity contribution >= 4 is 11.5 Å². The van der Waals surface area contributed by atoms with Gasteiger partial charge in [-0.15, -0.1) is 5.10 Å². The average molecular weight is 262 g/mol. The van der Waals surface area contributed by atoms with Crippen molar-refractivity contribution in [2.24, 2.45) is 5.84 Å². The molecule has 0 aliphatic carbocycles. The van der Waals surface area contributed by atoms with Crippen LogP contribution < -0.4 is 11.3 Å². The molecule has 4 nitrogen and oxygen atoms in total. The maximum absolute atomic E-state index is 5.69. The molecule has 0 amide bonds. The Morgan fingerprint density at radius 2 is 2.17 bits per heavy atom. The fraction of sp³-hybridized carbons (Fsp3) is 0.385. The number of nitrogens with one attached hydrogen (secondary N) is 1. The van der Waals surface area contributed by atoms with E-state index in [1.165, 1.54) is 22.7 Å². The van der Waals surface area contributed by atoms with Crippen molar-refractivity contribution in [3.05, 3.63) is 46.0 Å². The molecule has 0 bridgehead atoms. The molecule has 96 valence electrons. The first-order valence-electron chi connectivity index (χ1n) is 6.08. The molecule has 0 spiro atoms. The summed E-state index contributed by atoms with van der Waals surface area (Å²) in [6.07, 6.45) is 1.75. The van der Waals surface area contributed by atoms with Crippen LogP contribution in [0.15, 0.2) is 24.3 Å². The van der Waals surface area contributed by atoms with Gasteiger partial charge in [-0.05, 0) is 42.4 Å². The van der Waals surface area contributed by atoms with E-state index in [-0.39, 0.29) is 6.04 Å². The Kier molecular flexibility index (Phi) is 4.41. The fourth-order valence-electron chi connectivity index (χ4n) is 2.01. The summed E-state index contributed by atoms with van der Waals surface area (Å²) in [5.41, 5.74) is 6.51. The lowest BCUT2D eigenvalue weighted by atomic mass is 9.99. The lowest BCUT2D eigenvalue weighted by Crippen LogP contribution is -2.29. The maximum atomic E-state index is 5.69. The van der Waals surface area contributed by atoms with E-state index in [0.717, 1.165) is 23.4 Å². The third-order valence-corrected chi connectivity index (χ3v) is 4.00. The van der Waals surface area contributed by atoms with Crippen molar-refractivity contribution in [1.82, 2.24) is 15.0 Å². The normalized spacial score (nSPS) is 12.6. The fourth-order valence-corrected chi connectivity index (χ4v) is 2.81. The summed E-state index contributed by atoms with van der Waals surface area (Å²) in [6, 6.07) is 8.45. The van der Waals surface area contributed by atoms with E-state index in [1.54, 1.807) is 0 Å². The van der Waals surface area contributed by atoms with Crippen LogP contribution in [-0.4, -0.2) is 9.59 Å². The highest BCUT2D eigenvalue weighted by atomic mass is 32.1. The van der Waals surface area contributed by atoms with Crippen LogP contribution in [0.2, 0.25) is 0 Å². The number of hydrogen-bond acceptors (Lipinski definition) is 5. The van der Waals surface area contributed by atoms with Gasteiger partial charge in [0.15, 0.2) is 0 Å². The zero-order valence-corrected chi connectivity index (χ0v) is 11.5. The van der Waals surface area contributed by atoms with Gasteiger partial charge in [-0.25, -0.2) is 0 Å². The van der Waals surface area contributed by atoms with Crippen LogP contribution in [0.1, 0.15) is 34.7 Å². The molecule has 18 heavy (non-hydrogen) atoms. The zero-order valence-electron chi connectivity index (χ0n) is 10.7. The number of rotatable bonds is 5. The van der Waals surface area contributed by atoms with Gasteiger partial charge < -0.3 is 0 Å². The number of aryl methyl sites for hydroxylation is 2. The molecule has 1 atom stereocenters. The summed E-state index contributed by atoms with van der Waals surface area (Å²) in [6.45, 7) is 4.20. The van der Waals surface area contributed by atoms with Crippen molar-refractivity contribution in [1.29, 1.82) is 0 Å². The number of aromatic nitrogens is 2. The van der Waals surface area contributed by atoms with Gasteiger partial charge in [0, 0.05) is 0 Å². The number of hydrazine groups is 1. The minimum absolute atomic E-state index is 0.0843. The van der Waals surface area contributed by atoms with E-state index >= 15 is 0 Å². The molecule has 3 N–H and O–H groups in total. The van der Waals surface area contributed by atoms with Crippen LogP contribution in [0.5, 0.6) is 0 Å². The number of nitrogens with zero attached hydrogens (tertiary/aromatic N) is 2. The predicted molar refractivity (Wildman–Crippen MR) is 74.2 cm³/mol. The molecule has 1 aromatic carbocycles. The molecule has 0 radical (unpaired) electrons. The molecule has 2 aromatic rings. The van der Waals surface area contributed by atoms with Gasteiger partial charge in [0.25, 0.3) is 0 Å². The lowest BCUT2D eigenvalue weighted by molar-refractivity contribution is 0.554. The molecule has 0 aliphatic heterocycles. The largest absolute Gasteiger partial charge is 0.271 e. The molecular formula is C13H18N4S. The third kappa shape index (κ3) is 2.75. The predicted octanol–water partition coefficient (Wildman–Crippen LogP) is 2.16. The van der Waals surface area contributed by atoms with Crippen molar-refractivity contribution in [2.45, 2.75) is 32.7 Å². The van der Waals surface area contributed by atoms with E-state index in [9.17, 15) is 0 Å². The summed E-state index contributed by atoms with van der Waals surface area (Å²) in [4.78, 5) is 1.14. The summed E-state index contributed by atoms with van der Waals surface area (Å²) >= 11 is 1.43. The standard InChI is InChI=1S/C13H18N4S/c1-3-11-13(18-17-16-11)12(15-14)8-10-7-5-4-6-9(10)2/h4-7,12,15H,3,8,14H2,1-2H3. The minimum Gasteiger partial charge on any atom is -0.271 e. The molecule has 1 aromatic heterocycles. The Hall–Kier alpha value is -1.30. The highest BCUT2D eigenvalue weighted by Gasteiger charge is 2.18. The molecule has 0 aliphatic rings. The highest BCUT2D eigenvalue weighted by Crippen LogP contribution is 2.24. The topological polar surface area (TPSA) is 63.8 Å². The van der Waals surface area contributed by atoms with Gasteiger partial charge in [0.2, 0.25) is 0 Å². The van der Waals surface area contributed by atoms with Crippen molar-refractivity contribution in [3.8, 4) is 0 Å². The van der Waals surface area contributed by atoms with Crippen LogP contribution in [0.4, 0.5) is 0 Å². The van der Waals surface area contributed by atoms with E-state index in [1.807, 2.05) is 0 Å². The van der Waals surface area contributed by atoms with E-state index < -0.39 is 0 Å². The smallest absolute Gasteiger partial charge is 0.0801 e. The monoisotopic (exact) mass is 262 g/mol. The van der Waals surface area contributed by atoms with Gasteiger partial charge in [-0.1, -0.05) is 35.7 Å². The first kappa shape index (κ1) is 13.1. The Morgan fingerprint density at radius 1 is 1.39 bits per heavy atom. The molecular weight excluding hydrogens is 244 g/mol. The minimum atomic E-state index is 0.0843. The quantitative estimate of drug-likeness (QED) is 0.640. The van der Waals surface area contributed by atoms with Crippen LogP contribution in [0.3, 0.4) is 0 Å². The van der Waals surface area contributed by atoms with Gasteiger partial charge in [0.05, 0.1) is 16.6 Å². The molecule has 0 saturated heterocycles. The van der Waals surface area contributed by atoms with Crippen LogP contribution >= 0.6 is 11.5 Å². The molecule has 0 saturated carbocycles. The van der Waals surface area contributed by atoms with Gasteiger partial charge in [0.1, 0.15) is 0 Å². The summed E-state index contributed by atoms with van der Waals surface area (Å²) in [5.74, 6) is 5.69. The van der Waals surface area contributed by atoms with Crippen LogP contribution in [0.25, 0.3) is 0 Å². The van der Waals surface area contributed by atoms with Gasteiger partial charge in [-0.2, -0.15) is 0 Å². The Balaban J connectivity index is 2.23. The second kappa shape index (κ2) is 6.04. The molecule has 5 heteroatoms. The maximum Gasteiger partial charge on any atom is 0.0801 e. The molecule has 1 heterocycles. The Bertz CT molecular complexity index is 509. The van der Waals surface area contributed by atoms with Crippen molar-refractivity contribution in [3.63, 3.8) is 0 Å². The molecule has 0 fully saturated rings. The highest BCUT2D eigenvalue weighted by molar-refractivity contribution is 7.05. The third-order valence-electron chi connectivity index (χ3n) is 3.12. The summed E-state index contributed by atoms with van der Waals surface area (Å²) in [7, 11) is 0. The Morgan fingerprint density at radius 3 is 2.83 bits per heavy atom. The summed E-state index contributed by atoms with van der Waals surface area (Å²) < 4.78 is 4.02. The number of nitrogens with two attached hydrogens (primary N) is 1. The van der Waals surface area contributed by atoms with Gasteiger partial charge in [-0.3, -0.25) is 11.3 Å². The second-order valence-corrected chi connectivity index (χ2v) is 5.07. The molecule has 2 rings (SSSR count). The first-order valence-corrected chi connectivity index (χ1v) is 6.85. The lowest BCUT2D eigenvalue weighted by Gasteiger charge is -2.16. The van der Waals surface area contributed by atoms with E-state index in [4.69, 9.17) is 5.84 Å². The second-order valence-electron chi connectivity index (χ2n) is 4.29. The van der Waals surface area contributed by atoms with Crippen LogP contribution in [-0.2, 0) is 12.8 Å². The van der Waals surface area contributed by atoms with Crippen molar-refractivity contribution < 1.29 is 0 Å². The Labute approximate surface area is 111 Å².